The number of aliphatic hydroxyl groups is 1. The molecule has 0 radical (unpaired) electrons. The molecule has 0 aromatic rings. The Morgan fingerprint density at radius 3 is 1.92 bits per heavy atom. The summed E-state index contributed by atoms with van der Waals surface area (Å²) < 4.78 is 0. The second kappa shape index (κ2) is 4.83. The lowest BCUT2D eigenvalue weighted by Crippen LogP contribution is -2.40. The minimum Gasteiger partial charge on any atom is -0.393 e. The molecule has 0 bridgehead atoms. The Bertz CT molecular complexity index is 117. The molecule has 0 aromatic carbocycles. The fourth-order valence-corrected chi connectivity index (χ4v) is 1.16. The molecule has 0 fully saturated rings. The van der Waals surface area contributed by atoms with Crippen LogP contribution in [0, 0.1) is 5.41 Å². The van der Waals surface area contributed by atoms with E-state index in [2.05, 4.69) is 32.6 Å². The van der Waals surface area contributed by atoms with Crippen LogP contribution in [0.4, 0.5) is 0 Å². The van der Waals surface area contributed by atoms with Gasteiger partial charge in [0.15, 0.2) is 0 Å². The molecule has 0 saturated carbocycles. The molecule has 0 rings (SSSR count). The van der Waals surface area contributed by atoms with Gasteiger partial charge in [0.2, 0.25) is 0 Å². The van der Waals surface area contributed by atoms with Crippen molar-refractivity contribution in [2.45, 2.75) is 40.7 Å². The van der Waals surface area contributed by atoms with Crippen molar-refractivity contribution in [3.63, 3.8) is 0 Å². The lowest BCUT2D eigenvalue weighted by atomic mass is 9.87. The summed E-state index contributed by atoms with van der Waals surface area (Å²) in [6.45, 7) is 13.5. The third-order valence-electron chi connectivity index (χ3n) is 2.66. The first kappa shape index (κ1) is 11.9. The number of rotatable bonds is 5. The summed E-state index contributed by atoms with van der Waals surface area (Å²) in [4.78, 5) is 2.34. The molecule has 1 atom stereocenters. The Hall–Kier alpha value is -0.0800. The Balaban J connectivity index is 4.02. The van der Waals surface area contributed by atoms with Gasteiger partial charge in [-0.1, -0.05) is 27.7 Å². The summed E-state index contributed by atoms with van der Waals surface area (Å²) in [5.74, 6) is 0. The molecular weight excluding hydrogens is 150 g/mol. The average molecular weight is 173 g/mol. The van der Waals surface area contributed by atoms with Crippen LogP contribution in [0.15, 0.2) is 0 Å². The fourth-order valence-electron chi connectivity index (χ4n) is 1.16. The van der Waals surface area contributed by atoms with Crippen LogP contribution in [0.5, 0.6) is 0 Å². The Labute approximate surface area is 76.6 Å². The number of hydrogen-bond donors (Lipinski definition) is 1. The van der Waals surface area contributed by atoms with Crippen LogP contribution in [0.2, 0.25) is 0 Å². The first-order valence-corrected chi connectivity index (χ1v) is 4.84. The second-order valence-electron chi connectivity index (χ2n) is 4.13. The zero-order chi connectivity index (χ0) is 9.78. The van der Waals surface area contributed by atoms with Gasteiger partial charge in [-0.15, -0.1) is 0 Å². The van der Waals surface area contributed by atoms with Gasteiger partial charge in [-0.2, -0.15) is 0 Å². The predicted octanol–water partition coefficient (Wildman–Crippen LogP) is 1.74. The van der Waals surface area contributed by atoms with Crippen LogP contribution in [0.25, 0.3) is 0 Å². The van der Waals surface area contributed by atoms with Gasteiger partial charge in [0, 0.05) is 12.0 Å². The topological polar surface area (TPSA) is 23.5 Å². The predicted molar refractivity (Wildman–Crippen MR) is 53.2 cm³/mol. The van der Waals surface area contributed by atoms with Crippen molar-refractivity contribution >= 4 is 0 Å². The maximum Gasteiger partial charge on any atom is 0.0575 e. The zero-order valence-corrected chi connectivity index (χ0v) is 9.09. The molecule has 0 spiro atoms. The third-order valence-corrected chi connectivity index (χ3v) is 2.66. The van der Waals surface area contributed by atoms with Gasteiger partial charge in [-0.3, -0.25) is 0 Å². The molecule has 2 nitrogen and oxygen atoms in total. The van der Waals surface area contributed by atoms with Crippen molar-refractivity contribution in [1.82, 2.24) is 4.90 Å². The van der Waals surface area contributed by atoms with E-state index in [-0.39, 0.29) is 11.5 Å². The molecule has 0 heterocycles. The van der Waals surface area contributed by atoms with E-state index in [1.54, 1.807) is 0 Å². The van der Waals surface area contributed by atoms with E-state index < -0.39 is 0 Å². The molecule has 1 unspecified atom stereocenters. The lowest BCUT2D eigenvalue weighted by molar-refractivity contribution is 0.0371. The maximum atomic E-state index is 9.49. The first-order valence-electron chi connectivity index (χ1n) is 4.84. The van der Waals surface area contributed by atoms with Gasteiger partial charge in [0.1, 0.15) is 0 Å². The standard InChI is InChI=1S/C10H23NO/c1-6-11(7-2)8-10(4,5)9(3)12/h9,12H,6-8H2,1-5H3. The molecule has 0 aliphatic carbocycles. The lowest BCUT2D eigenvalue weighted by Gasteiger charge is -2.33. The summed E-state index contributed by atoms with van der Waals surface area (Å²) in [6.07, 6.45) is -0.238. The minimum absolute atomic E-state index is 0.00597. The van der Waals surface area contributed by atoms with Gasteiger partial charge < -0.3 is 10.0 Å². The number of hydrogen-bond acceptors (Lipinski definition) is 2. The molecule has 1 N–H and O–H groups in total. The van der Waals surface area contributed by atoms with E-state index in [0.29, 0.717) is 0 Å². The highest BCUT2D eigenvalue weighted by atomic mass is 16.3. The van der Waals surface area contributed by atoms with E-state index in [9.17, 15) is 5.11 Å². The quantitative estimate of drug-likeness (QED) is 0.684. The van der Waals surface area contributed by atoms with Gasteiger partial charge in [0.25, 0.3) is 0 Å². The highest BCUT2D eigenvalue weighted by molar-refractivity contribution is 4.77. The van der Waals surface area contributed by atoms with Crippen molar-refractivity contribution in [3.8, 4) is 0 Å². The fraction of sp³-hybridized carbons (Fsp3) is 1.00. The highest BCUT2D eigenvalue weighted by Gasteiger charge is 2.25. The smallest absolute Gasteiger partial charge is 0.0575 e. The van der Waals surface area contributed by atoms with E-state index in [0.717, 1.165) is 19.6 Å². The van der Waals surface area contributed by atoms with Gasteiger partial charge in [0.05, 0.1) is 6.10 Å². The Morgan fingerprint density at radius 1 is 1.25 bits per heavy atom. The van der Waals surface area contributed by atoms with Gasteiger partial charge in [-0.25, -0.2) is 0 Å². The molecule has 12 heavy (non-hydrogen) atoms. The molecule has 0 saturated heterocycles. The van der Waals surface area contributed by atoms with Crippen molar-refractivity contribution in [2.75, 3.05) is 19.6 Å². The average Bonchev–Trinajstić information content (AvgIpc) is 2.00. The van der Waals surface area contributed by atoms with E-state index in [1.807, 2.05) is 6.92 Å². The second-order valence-corrected chi connectivity index (χ2v) is 4.13. The third kappa shape index (κ3) is 3.55. The summed E-state index contributed by atoms with van der Waals surface area (Å²) >= 11 is 0. The van der Waals surface area contributed by atoms with Gasteiger partial charge >= 0.3 is 0 Å². The molecule has 2 heteroatoms. The minimum atomic E-state index is -0.238. The summed E-state index contributed by atoms with van der Waals surface area (Å²) in [5.41, 5.74) is 0.00597. The van der Waals surface area contributed by atoms with Crippen LogP contribution in [0.1, 0.15) is 34.6 Å². The molecule has 0 aliphatic heterocycles. The van der Waals surface area contributed by atoms with E-state index in [4.69, 9.17) is 0 Å². The van der Waals surface area contributed by atoms with Crippen molar-refractivity contribution in [1.29, 1.82) is 0 Å². The first-order chi connectivity index (χ1) is 5.44. The Morgan fingerprint density at radius 2 is 1.67 bits per heavy atom. The molecule has 74 valence electrons. The van der Waals surface area contributed by atoms with Crippen LogP contribution >= 0.6 is 0 Å². The summed E-state index contributed by atoms with van der Waals surface area (Å²) in [5, 5.41) is 9.49. The van der Waals surface area contributed by atoms with Crippen molar-refractivity contribution < 1.29 is 5.11 Å². The summed E-state index contributed by atoms with van der Waals surface area (Å²) in [6, 6.07) is 0. The number of aliphatic hydroxyl groups excluding tert-OH is 1. The molecular formula is C10H23NO. The largest absolute Gasteiger partial charge is 0.393 e. The molecule has 0 aliphatic rings. The van der Waals surface area contributed by atoms with Crippen LogP contribution < -0.4 is 0 Å². The Kier molecular flexibility index (Phi) is 4.80. The van der Waals surface area contributed by atoms with Crippen molar-refractivity contribution in [2.24, 2.45) is 5.41 Å². The van der Waals surface area contributed by atoms with Gasteiger partial charge in [-0.05, 0) is 20.0 Å². The van der Waals surface area contributed by atoms with Crippen LogP contribution in [-0.4, -0.2) is 35.7 Å². The van der Waals surface area contributed by atoms with E-state index in [1.165, 1.54) is 0 Å². The van der Waals surface area contributed by atoms with E-state index >= 15 is 0 Å². The van der Waals surface area contributed by atoms with Crippen molar-refractivity contribution in [3.05, 3.63) is 0 Å². The maximum absolute atomic E-state index is 9.49. The monoisotopic (exact) mass is 173 g/mol. The van der Waals surface area contributed by atoms with Crippen LogP contribution in [0.3, 0.4) is 0 Å². The summed E-state index contributed by atoms with van der Waals surface area (Å²) in [7, 11) is 0. The normalized spacial score (nSPS) is 15.2. The van der Waals surface area contributed by atoms with Crippen LogP contribution in [-0.2, 0) is 0 Å². The molecule has 0 aromatic heterocycles. The number of nitrogens with zero attached hydrogens (tertiary/aromatic N) is 1. The SMILES string of the molecule is CCN(CC)CC(C)(C)C(C)O. The molecule has 0 amide bonds. The highest BCUT2D eigenvalue weighted by Crippen LogP contribution is 2.21. The zero-order valence-electron chi connectivity index (χ0n) is 9.09.